The third kappa shape index (κ3) is 1.57. The van der Waals surface area contributed by atoms with Crippen molar-refractivity contribution in [1.82, 2.24) is 5.32 Å². The standard InChI is InChI=1S/C10H18N2O/c13-8-10(4-2-1-3-5-10)9-11-6-7-12-9/h13H,1-8H2,(H,11,12). The van der Waals surface area contributed by atoms with Crippen molar-refractivity contribution < 1.29 is 5.11 Å². The molecule has 0 unspecified atom stereocenters. The summed E-state index contributed by atoms with van der Waals surface area (Å²) in [5.74, 6) is 1.08. The second kappa shape index (κ2) is 3.66. The molecule has 0 bridgehead atoms. The zero-order chi connectivity index (χ0) is 9.15. The molecule has 2 rings (SSSR count). The molecule has 3 heteroatoms. The van der Waals surface area contributed by atoms with Gasteiger partial charge in [-0.1, -0.05) is 19.3 Å². The van der Waals surface area contributed by atoms with Crippen LogP contribution in [0.5, 0.6) is 0 Å². The Bertz CT molecular complexity index is 207. The molecule has 74 valence electrons. The summed E-state index contributed by atoms with van der Waals surface area (Å²) in [4.78, 5) is 4.45. The topological polar surface area (TPSA) is 44.6 Å². The van der Waals surface area contributed by atoms with Crippen LogP contribution >= 0.6 is 0 Å². The average Bonchev–Trinajstić information content (AvgIpc) is 2.72. The number of aliphatic imine (C=N–C) groups is 1. The molecule has 0 atom stereocenters. The second-order valence-electron chi connectivity index (χ2n) is 4.16. The van der Waals surface area contributed by atoms with Crippen LogP contribution in [0.25, 0.3) is 0 Å². The van der Waals surface area contributed by atoms with Crippen molar-refractivity contribution in [3.63, 3.8) is 0 Å². The molecule has 0 amide bonds. The molecule has 1 aliphatic carbocycles. The van der Waals surface area contributed by atoms with Crippen LogP contribution in [-0.4, -0.2) is 30.6 Å². The minimum absolute atomic E-state index is 0.00521. The maximum atomic E-state index is 9.48. The summed E-state index contributed by atoms with van der Waals surface area (Å²) in [6.45, 7) is 2.10. The van der Waals surface area contributed by atoms with Crippen LogP contribution in [0.15, 0.2) is 4.99 Å². The van der Waals surface area contributed by atoms with Crippen LogP contribution < -0.4 is 5.32 Å². The van der Waals surface area contributed by atoms with Gasteiger partial charge in [-0.2, -0.15) is 0 Å². The Labute approximate surface area is 79.3 Å². The number of nitrogens with one attached hydrogen (secondary N) is 1. The number of nitrogens with zero attached hydrogens (tertiary/aromatic N) is 1. The molecule has 0 spiro atoms. The number of amidine groups is 1. The van der Waals surface area contributed by atoms with Gasteiger partial charge in [0.1, 0.15) is 5.84 Å². The van der Waals surface area contributed by atoms with E-state index in [2.05, 4.69) is 10.3 Å². The monoisotopic (exact) mass is 182 g/mol. The van der Waals surface area contributed by atoms with Crippen molar-refractivity contribution in [3.05, 3.63) is 0 Å². The lowest BCUT2D eigenvalue weighted by molar-refractivity contribution is 0.141. The molecular weight excluding hydrogens is 164 g/mol. The van der Waals surface area contributed by atoms with Crippen molar-refractivity contribution in [2.45, 2.75) is 32.1 Å². The molecule has 3 nitrogen and oxygen atoms in total. The highest BCUT2D eigenvalue weighted by molar-refractivity contribution is 5.89. The van der Waals surface area contributed by atoms with E-state index in [0.29, 0.717) is 0 Å². The highest BCUT2D eigenvalue weighted by Gasteiger charge is 2.37. The van der Waals surface area contributed by atoms with E-state index < -0.39 is 0 Å². The summed E-state index contributed by atoms with van der Waals surface area (Å²) in [6, 6.07) is 0. The fourth-order valence-electron chi connectivity index (χ4n) is 2.45. The number of hydrogen-bond acceptors (Lipinski definition) is 3. The van der Waals surface area contributed by atoms with Gasteiger partial charge < -0.3 is 10.4 Å². The Morgan fingerprint density at radius 2 is 2.08 bits per heavy atom. The molecule has 1 fully saturated rings. The summed E-state index contributed by atoms with van der Waals surface area (Å²) >= 11 is 0. The molecule has 1 aliphatic heterocycles. The molecule has 1 saturated carbocycles. The Morgan fingerprint density at radius 1 is 1.31 bits per heavy atom. The van der Waals surface area contributed by atoms with E-state index >= 15 is 0 Å². The van der Waals surface area contributed by atoms with Crippen LogP contribution in [-0.2, 0) is 0 Å². The van der Waals surface area contributed by atoms with Gasteiger partial charge in [-0.3, -0.25) is 4.99 Å². The number of rotatable bonds is 2. The zero-order valence-corrected chi connectivity index (χ0v) is 8.05. The molecule has 0 saturated heterocycles. The van der Waals surface area contributed by atoms with Gasteiger partial charge in [-0.15, -0.1) is 0 Å². The van der Waals surface area contributed by atoms with Gasteiger partial charge >= 0.3 is 0 Å². The fraction of sp³-hybridized carbons (Fsp3) is 0.900. The van der Waals surface area contributed by atoms with E-state index in [4.69, 9.17) is 0 Å². The van der Waals surface area contributed by atoms with Crippen LogP contribution in [0.3, 0.4) is 0 Å². The average molecular weight is 182 g/mol. The third-order valence-electron chi connectivity index (χ3n) is 3.29. The lowest BCUT2D eigenvalue weighted by Gasteiger charge is -2.35. The molecule has 2 aliphatic rings. The van der Waals surface area contributed by atoms with E-state index in [0.717, 1.165) is 31.8 Å². The number of hydrogen-bond donors (Lipinski definition) is 2. The largest absolute Gasteiger partial charge is 0.395 e. The van der Waals surface area contributed by atoms with Gasteiger partial charge in [-0.05, 0) is 12.8 Å². The van der Waals surface area contributed by atoms with Crippen LogP contribution in [0.4, 0.5) is 0 Å². The first-order chi connectivity index (χ1) is 6.37. The molecule has 0 aromatic rings. The summed E-state index contributed by atoms with van der Waals surface area (Å²) in [5, 5.41) is 12.8. The molecule has 0 aromatic carbocycles. The first-order valence-electron chi connectivity index (χ1n) is 5.27. The quantitative estimate of drug-likeness (QED) is 0.667. The van der Waals surface area contributed by atoms with Gasteiger partial charge in [-0.25, -0.2) is 0 Å². The maximum absolute atomic E-state index is 9.48. The van der Waals surface area contributed by atoms with E-state index in [9.17, 15) is 5.11 Å². The van der Waals surface area contributed by atoms with E-state index in [-0.39, 0.29) is 12.0 Å². The minimum Gasteiger partial charge on any atom is -0.395 e. The van der Waals surface area contributed by atoms with Crippen molar-refractivity contribution in [1.29, 1.82) is 0 Å². The van der Waals surface area contributed by atoms with Crippen LogP contribution in [0, 0.1) is 5.41 Å². The lowest BCUT2D eigenvalue weighted by Crippen LogP contribution is -2.42. The molecular formula is C10H18N2O. The van der Waals surface area contributed by atoms with Crippen molar-refractivity contribution in [3.8, 4) is 0 Å². The van der Waals surface area contributed by atoms with Gasteiger partial charge in [0.2, 0.25) is 0 Å². The van der Waals surface area contributed by atoms with Gasteiger partial charge in [0.05, 0.1) is 18.6 Å². The summed E-state index contributed by atoms with van der Waals surface area (Å²) < 4.78 is 0. The zero-order valence-electron chi connectivity index (χ0n) is 8.05. The lowest BCUT2D eigenvalue weighted by atomic mass is 9.73. The Hall–Kier alpha value is -0.570. The van der Waals surface area contributed by atoms with Crippen molar-refractivity contribution in [2.75, 3.05) is 19.7 Å². The van der Waals surface area contributed by atoms with E-state index in [1.807, 2.05) is 0 Å². The molecule has 13 heavy (non-hydrogen) atoms. The fourth-order valence-corrected chi connectivity index (χ4v) is 2.45. The summed E-state index contributed by atoms with van der Waals surface area (Å²) in [6.07, 6.45) is 6.00. The van der Waals surface area contributed by atoms with Crippen molar-refractivity contribution >= 4 is 5.84 Å². The van der Waals surface area contributed by atoms with Crippen molar-refractivity contribution in [2.24, 2.45) is 10.4 Å². The summed E-state index contributed by atoms with van der Waals surface area (Å²) in [7, 11) is 0. The van der Waals surface area contributed by atoms with Gasteiger partial charge in [0.15, 0.2) is 0 Å². The predicted molar refractivity (Wildman–Crippen MR) is 52.9 cm³/mol. The Balaban J connectivity index is 2.12. The minimum atomic E-state index is -0.00521. The van der Waals surface area contributed by atoms with E-state index in [1.54, 1.807) is 0 Å². The third-order valence-corrected chi connectivity index (χ3v) is 3.29. The molecule has 0 aromatic heterocycles. The predicted octanol–water partition coefficient (Wildman–Crippen LogP) is 0.931. The van der Waals surface area contributed by atoms with Gasteiger partial charge in [0.25, 0.3) is 0 Å². The number of aliphatic hydroxyl groups is 1. The SMILES string of the molecule is OCC1(C2=NCCN2)CCCCC1. The molecule has 0 radical (unpaired) electrons. The van der Waals surface area contributed by atoms with Crippen LogP contribution in [0.2, 0.25) is 0 Å². The van der Waals surface area contributed by atoms with E-state index in [1.165, 1.54) is 19.3 Å². The smallest absolute Gasteiger partial charge is 0.105 e. The molecule has 2 N–H and O–H groups in total. The first kappa shape index (κ1) is 9.00. The Kier molecular flexibility index (Phi) is 2.54. The van der Waals surface area contributed by atoms with Crippen LogP contribution in [0.1, 0.15) is 32.1 Å². The highest BCUT2D eigenvalue weighted by Crippen LogP contribution is 2.37. The maximum Gasteiger partial charge on any atom is 0.105 e. The second-order valence-corrected chi connectivity index (χ2v) is 4.16. The Morgan fingerprint density at radius 3 is 2.62 bits per heavy atom. The normalized spacial score (nSPS) is 26.7. The number of aliphatic hydroxyl groups excluding tert-OH is 1. The summed E-state index contributed by atoms with van der Waals surface area (Å²) in [5.41, 5.74) is -0.00521. The van der Waals surface area contributed by atoms with Gasteiger partial charge in [0, 0.05) is 6.54 Å². The highest BCUT2D eigenvalue weighted by atomic mass is 16.3. The first-order valence-corrected chi connectivity index (χ1v) is 5.27. The molecule has 1 heterocycles.